The third kappa shape index (κ3) is 2.95. The van der Waals surface area contributed by atoms with Gasteiger partial charge in [0, 0.05) is 0 Å². The highest BCUT2D eigenvalue weighted by molar-refractivity contribution is 5.97. The van der Waals surface area contributed by atoms with Crippen LogP contribution >= 0.6 is 0 Å². The normalized spacial score (nSPS) is 25.8. The van der Waals surface area contributed by atoms with Crippen molar-refractivity contribution in [1.82, 2.24) is 0 Å². The van der Waals surface area contributed by atoms with Gasteiger partial charge in [0.2, 0.25) is 5.91 Å². The molecule has 6 nitrogen and oxygen atoms in total. The van der Waals surface area contributed by atoms with Gasteiger partial charge in [0.25, 0.3) is 0 Å². The predicted molar refractivity (Wildman–Crippen MR) is 94.0 cm³/mol. The smallest absolute Gasteiger partial charge is 0.310 e. The van der Waals surface area contributed by atoms with Gasteiger partial charge in [-0.05, 0) is 24.3 Å². The Labute approximate surface area is 150 Å². The number of hydrogen-bond donors (Lipinski definition) is 2. The monoisotopic (exact) mass is 351 g/mol. The lowest BCUT2D eigenvalue weighted by atomic mass is 9.82. The van der Waals surface area contributed by atoms with Crippen LogP contribution in [0.1, 0.15) is 0 Å². The quantitative estimate of drug-likeness (QED) is 0.809. The molecule has 132 valence electrons. The van der Waals surface area contributed by atoms with Crippen molar-refractivity contribution in [3.63, 3.8) is 0 Å². The lowest BCUT2D eigenvalue weighted by molar-refractivity contribution is -0.145. The van der Waals surface area contributed by atoms with E-state index in [-0.39, 0.29) is 0 Å². The molecule has 2 aromatic carbocycles. The van der Waals surface area contributed by atoms with Gasteiger partial charge in [-0.15, -0.1) is 0 Å². The zero-order chi connectivity index (χ0) is 18.1. The van der Waals surface area contributed by atoms with E-state index in [0.29, 0.717) is 17.2 Å². The van der Waals surface area contributed by atoms with E-state index in [1.165, 1.54) is 0 Å². The lowest BCUT2D eigenvalue weighted by Gasteiger charge is -2.21. The first-order valence-corrected chi connectivity index (χ1v) is 8.33. The SMILES string of the molecule is O=C(O)[C@@H]1[C@@H](C(=O)Nc2ccccc2Oc2ccccc2)[C@H]2C=C[C@@H]1O2. The molecule has 0 radical (unpaired) electrons. The van der Waals surface area contributed by atoms with Crippen LogP contribution in [-0.4, -0.2) is 29.2 Å². The summed E-state index contributed by atoms with van der Waals surface area (Å²) in [6.07, 6.45) is 2.40. The van der Waals surface area contributed by atoms with E-state index in [2.05, 4.69) is 5.32 Å². The summed E-state index contributed by atoms with van der Waals surface area (Å²) >= 11 is 0. The molecule has 2 aliphatic rings. The Balaban J connectivity index is 1.55. The van der Waals surface area contributed by atoms with E-state index >= 15 is 0 Å². The summed E-state index contributed by atoms with van der Waals surface area (Å²) < 4.78 is 11.4. The molecule has 2 aromatic rings. The zero-order valence-electron chi connectivity index (χ0n) is 13.7. The Morgan fingerprint density at radius 3 is 2.31 bits per heavy atom. The van der Waals surface area contributed by atoms with Crippen LogP contribution in [0.25, 0.3) is 0 Å². The van der Waals surface area contributed by atoms with E-state index in [1.54, 1.807) is 36.4 Å². The number of ether oxygens (including phenoxy) is 2. The van der Waals surface area contributed by atoms with Gasteiger partial charge in [0.05, 0.1) is 23.8 Å². The summed E-state index contributed by atoms with van der Waals surface area (Å²) in [7, 11) is 0. The molecule has 0 unspecified atom stereocenters. The molecule has 2 N–H and O–H groups in total. The molecule has 4 atom stereocenters. The molecule has 1 amide bonds. The minimum absolute atomic E-state index is 0.390. The Kier molecular flexibility index (Phi) is 4.18. The molecule has 0 saturated carbocycles. The molecule has 0 aromatic heterocycles. The first-order valence-electron chi connectivity index (χ1n) is 8.33. The van der Waals surface area contributed by atoms with Crippen molar-refractivity contribution in [2.24, 2.45) is 11.8 Å². The van der Waals surface area contributed by atoms with E-state index in [1.807, 2.05) is 30.3 Å². The molecule has 2 aliphatic heterocycles. The molecule has 2 bridgehead atoms. The van der Waals surface area contributed by atoms with E-state index in [4.69, 9.17) is 9.47 Å². The van der Waals surface area contributed by atoms with Crippen LogP contribution in [0.5, 0.6) is 11.5 Å². The Morgan fingerprint density at radius 2 is 1.58 bits per heavy atom. The predicted octanol–water partition coefficient (Wildman–Crippen LogP) is 3.07. The van der Waals surface area contributed by atoms with E-state index in [0.717, 1.165) is 0 Å². The highest BCUT2D eigenvalue weighted by atomic mass is 16.5. The number of hydrogen-bond acceptors (Lipinski definition) is 4. The van der Waals surface area contributed by atoms with Crippen LogP contribution in [-0.2, 0) is 14.3 Å². The largest absolute Gasteiger partial charge is 0.481 e. The number of aliphatic carboxylic acids is 1. The average molecular weight is 351 g/mol. The number of anilines is 1. The molecular weight excluding hydrogens is 334 g/mol. The second kappa shape index (κ2) is 6.65. The molecule has 2 heterocycles. The summed E-state index contributed by atoms with van der Waals surface area (Å²) in [5, 5.41) is 12.3. The average Bonchev–Trinajstić information content (AvgIpc) is 3.25. The summed E-state index contributed by atoms with van der Waals surface area (Å²) in [5.41, 5.74) is 0.484. The number of carbonyl (C=O) groups is 2. The maximum atomic E-state index is 12.8. The molecule has 0 spiro atoms. The fraction of sp³-hybridized carbons (Fsp3) is 0.200. The fourth-order valence-corrected chi connectivity index (χ4v) is 3.41. The summed E-state index contributed by atoms with van der Waals surface area (Å²) in [6, 6.07) is 16.3. The second-order valence-corrected chi connectivity index (χ2v) is 6.24. The highest BCUT2D eigenvalue weighted by Gasteiger charge is 2.53. The van der Waals surface area contributed by atoms with Crippen LogP contribution in [0.15, 0.2) is 66.7 Å². The number of rotatable bonds is 5. The standard InChI is InChI=1S/C20H17NO5/c22-19(17-15-10-11-16(26-15)18(17)20(23)24)21-13-8-4-5-9-14(13)25-12-6-2-1-3-7-12/h1-11,15-18H,(H,21,22)(H,23,24)/t15-,16+,17+,18+/m1/s1. The number of carboxylic acids is 1. The van der Waals surface area contributed by atoms with Gasteiger partial charge in [-0.1, -0.05) is 42.5 Å². The van der Waals surface area contributed by atoms with Gasteiger partial charge in [0.15, 0.2) is 5.75 Å². The lowest BCUT2D eigenvalue weighted by Crippen LogP contribution is -2.39. The third-order valence-corrected chi connectivity index (χ3v) is 4.60. The van der Waals surface area contributed by atoms with E-state index in [9.17, 15) is 14.7 Å². The number of para-hydroxylation sites is 3. The zero-order valence-corrected chi connectivity index (χ0v) is 13.7. The van der Waals surface area contributed by atoms with Crippen LogP contribution in [0.4, 0.5) is 5.69 Å². The molecular formula is C20H17NO5. The number of carbonyl (C=O) groups excluding carboxylic acids is 1. The number of nitrogens with one attached hydrogen (secondary N) is 1. The van der Waals surface area contributed by atoms with E-state index < -0.39 is 35.9 Å². The van der Waals surface area contributed by atoms with Crippen molar-refractivity contribution in [1.29, 1.82) is 0 Å². The minimum atomic E-state index is -1.03. The van der Waals surface area contributed by atoms with Crippen LogP contribution in [0.2, 0.25) is 0 Å². The maximum absolute atomic E-state index is 12.8. The van der Waals surface area contributed by atoms with Crippen molar-refractivity contribution < 1.29 is 24.2 Å². The topological polar surface area (TPSA) is 84.9 Å². The third-order valence-electron chi connectivity index (χ3n) is 4.60. The summed E-state index contributed by atoms with van der Waals surface area (Å²) in [4.78, 5) is 24.3. The van der Waals surface area contributed by atoms with Gasteiger partial charge < -0.3 is 19.9 Å². The second-order valence-electron chi connectivity index (χ2n) is 6.24. The minimum Gasteiger partial charge on any atom is -0.481 e. The Bertz CT molecular complexity index is 864. The van der Waals surface area contributed by atoms with Crippen LogP contribution in [0.3, 0.4) is 0 Å². The Hall–Kier alpha value is -3.12. The molecule has 4 rings (SSSR count). The van der Waals surface area contributed by atoms with Gasteiger partial charge in [-0.3, -0.25) is 9.59 Å². The maximum Gasteiger partial charge on any atom is 0.310 e. The molecule has 6 heteroatoms. The number of fused-ring (bicyclic) bond motifs is 2. The van der Waals surface area contributed by atoms with Crippen molar-refractivity contribution in [3.05, 3.63) is 66.7 Å². The Morgan fingerprint density at radius 1 is 0.923 bits per heavy atom. The fourth-order valence-electron chi connectivity index (χ4n) is 3.41. The van der Waals surface area contributed by atoms with Crippen molar-refractivity contribution >= 4 is 17.6 Å². The molecule has 1 saturated heterocycles. The summed E-state index contributed by atoms with van der Waals surface area (Å²) in [6.45, 7) is 0. The molecule has 0 aliphatic carbocycles. The number of amides is 1. The first-order chi connectivity index (χ1) is 12.6. The van der Waals surface area contributed by atoms with Gasteiger partial charge in [0.1, 0.15) is 11.7 Å². The first kappa shape index (κ1) is 16.4. The van der Waals surface area contributed by atoms with Gasteiger partial charge >= 0.3 is 5.97 Å². The van der Waals surface area contributed by atoms with Gasteiger partial charge in [-0.25, -0.2) is 0 Å². The number of benzene rings is 2. The van der Waals surface area contributed by atoms with Crippen molar-refractivity contribution in [2.45, 2.75) is 12.2 Å². The summed E-state index contributed by atoms with van der Waals surface area (Å²) in [5.74, 6) is -1.95. The van der Waals surface area contributed by atoms with Crippen LogP contribution < -0.4 is 10.1 Å². The molecule has 26 heavy (non-hydrogen) atoms. The van der Waals surface area contributed by atoms with Gasteiger partial charge in [-0.2, -0.15) is 0 Å². The molecule has 1 fully saturated rings. The highest BCUT2D eigenvalue weighted by Crippen LogP contribution is 2.40. The number of carboxylic acid groups (broad SMARTS) is 1. The van der Waals surface area contributed by atoms with Crippen LogP contribution in [0, 0.1) is 11.8 Å². The van der Waals surface area contributed by atoms with Crippen molar-refractivity contribution in [3.8, 4) is 11.5 Å². The van der Waals surface area contributed by atoms with Crippen molar-refractivity contribution in [2.75, 3.05) is 5.32 Å².